The van der Waals surface area contributed by atoms with Gasteiger partial charge in [0.1, 0.15) is 5.75 Å². The number of benzene rings is 2. The van der Waals surface area contributed by atoms with Crippen molar-refractivity contribution in [3.8, 4) is 5.75 Å². The molecule has 0 atom stereocenters. The Balaban J connectivity index is 1.65. The van der Waals surface area contributed by atoms with Crippen molar-refractivity contribution >= 4 is 34.2 Å². The zero-order valence-corrected chi connectivity index (χ0v) is 15.2. The Kier molecular flexibility index (Phi) is 5.05. The molecule has 120 valence electrons. The summed E-state index contributed by atoms with van der Waals surface area (Å²) in [6.07, 6.45) is 0. The molecule has 0 aromatic heterocycles. The Bertz CT molecular complexity index is 683. The van der Waals surface area contributed by atoms with Crippen molar-refractivity contribution in [1.29, 1.82) is 0 Å². The maximum atomic E-state index is 12.7. The Morgan fingerprint density at radius 3 is 2.35 bits per heavy atom. The summed E-state index contributed by atoms with van der Waals surface area (Å²) < 4.78 is 6.21. The van der Waals surface area contributed by atoms with Gasteiger partial charge in [-0.2, -0.15) is 0 Å². The molecule has 2 aromatic rings. The van der Waals surface area contributed by atoms with Gasteiger partial charge in [-0.3, -0.25) is 4.79 Å². The number of methoxy groups -OCH3 is 1. The lowest BCUT2D eigenvalue weighted by Gasteiger charge is -2.36. The SMILES string of the molecule is COc1ccc(C(=O)N2CCN(c3ccccc3)CC2)cc1I. The molecule has 1 saturated heterocycles. The highest BCUT2D eigenvalue weighted by atomic mass is 127. The zero-order chi connectivity index (χ0) is 16.2. The topological polar surface area (TPSA) is 32.8 Å². The lowest BCUT2D eigenvalue weighted by molar-refractivity contribution is 0.0746. The van der Waals surface area contributed by atoms with Gasteiger partial charge in [0.05, 0.1) is 10.7 Å². The minimum atomic E-state index is 0.0956. The molecule has 1 aliphatic heterocycles. The van der Waals surface area contributed by atoms with Crippen LogP contribution in [0, 0.1) is 3.57 Å². The summed E-state index contributed by atoms with van der Waals surface area (Å²) in [4.78, 5) is 16.9. The number of para-hydroxylation sites is 1. The third-order valence-electron chi connectivity index (χ3n) is 4.09. The number of carbonyl (C=O) groups is 1. The van der Waals surface area contributed by atoms with E-state index in [1.54, 1.807) is 7.11 Å². The first-order chi connectivity index (χ1) is 11.2. The molecule has 1 heterocycles. The van der Waals surface area contributed by atoms with Crippen LogP contribution in [0.1, 0.15) is 10.4 Å². The first kappa shape index (κ1) is 16.1. The van der Waals surface area contributed by atoms with E-state index >= 15 is 0 Å². The lowest BCUT2D eigenvalue weighted by atomic mass is 10.1. The van der Waals surface area contributed by atoms with Crippen LogP contribution in [-0.4, -0.2) is 44.1 Å². The smallest absolute Gasteiger partial charge is 0.254 e. The summed E-state index contributed by atoms with van der Waals surface area (Å²) in [5.74, 6) is 0.898. The number of hydrogen-bond acceptors (Lipinski definition) is 3. The van der Waals surface area contributed by atoms with E-state index in [1.165, 1.54) is 5.69 Å². The van der Waals surface area contributed by atoms with E-state index in [-0.39, 0.29) is 5.91 Å². The number of ether oxygens (including phenoxy) is 1. The number of hydrogen-bond donors (Lipinski definition) is 0. The molecule has 0 unspecified atom stereocenters. The molecule has 0 radical (unpaired) electrons. The van der Waals surface area contributed by atoms with Crippen LogP contribution in [0.3, 0.4) is 0 Å². The summed E-state index contributed by atoms with van der Waals surface area (Å²) in [6.45, 7) is 3.22. The fraction of sp³-hybridized carbons (Fsp3) is 0.278. The molecular weight excluding hydrogens is 403 g/mol. The lowest BCUT2D eigenvalue weighted by Crippen LogP contribution is -2.48. The van der Waals surface area contributed by atoms with Gasteiger partial charge in [0, 0.05) is 37.4 Å². The maximum absolute atomic E-state index is 12.7. The van der Waals surface area contributed by atoms with Crippen LogP contribution in [0.5, 0.6) is 5.75 Å². The molecule has 2 aromatic carbocycles. The fourth-order valence-corrected chi connectivity index (χ4v) is 3.52. The van der Waals surface area contributed by atoms with E-state index in [0.29, 0.717) is 0 Å². The molecular formula is C18H19IN2O2. The van der Waals surface area contributed by atoms with Crippen molar-refractivity contribution in [2.45, 2.75) is 0 Å². The van der Waals surface area contributed by atoms with Gasteiger partial charge < -0.3 is 14.5 Å². The predicted octanol–water partition coefficient (Wildman–Crippen LogP) is 3.26. The monoisotopic (exact) mass is 422 g/mol. The third kappa shape index (κ3) is 3.60. The number of amides is 1. The van der Waals surface area contributed by atoms with Crippen molar-refractivity contribution < 1.29 is 9.53 Å². The number of nitrogens with zero attached hydrogens (tertiary/aromatic N) is 2. The largest absolute Gasteiger partial charge is 0.496 e. The molecule has 1 fully saturated rings. The fourth-order valence-electron chi connectivity index (χ4n) is 2.79. The normalized spacial score (nSPS) is 14.7. The van der Waals surface area contributed by atoms with Crippen molar-refractivity contribution in [1.82, 2.24) is 4.90 Å². The zero-order valence-electron chi connectivity index (χ0n) is 13.0. The number of carbonyl (C=O) groups excluding carboxylic acids is 1. The second-order valence-corrected chi connectivity index (χ2v) is 6.63. The van der Waals surface area contributed by atoms with E-state index in [2.05, 4.69) is 39.6 Å². The van der Waals surface area contributed by atoms with Crippen LogP contribution in [0.15, 0.2) is 48.5 Å². The highest BCUT2D eigenvalue weighted by molar-refractivity contribution is 14.1. The Labute approximate surface area is 150 Å². The molecule has 0 saturated carbocycles. The van der Waals surface area contributed by atoms with Gasteiger partial charge >= 0.3 is 0 Å². The number of halogens is 1. The molecule has 5 heteroatoms. The molecule has 0 N–H and O–H groups in total. The van der Waals surface area contributed by atoms with Gasteiger partial charge in [-0.25, -0.2) is 0 Å². The number of rotatable bonds is 3. The van der Waals surface area contributed by atoms with Gasteiger partial charge in [0.2, 0.25) is 0 Å². The Morgan fingerprint density at radius 1 is 1.04 bits per heavy atom. The number of anilines is 1. The summed E-state index contributed by atoms with van der Waals surface area (Å²) in [5.41, 5.74) is 1.95. The average Bonchev–Trinajstić information content (AvgIpc) is 2.62. The number of piperazine rings is 1. The summed E-state index contributed by atoms with van der Waals surface area (Å²) >= 11 is 2.20. The molecule has 23 heavy (non-hydrogen) atoms. The average molecular weight is 422 g/mol. The predicted molar refractivity (Wildman–Crippen MR) is 100 cm³/mol. The van der Waals surface area contributed by atoms with E-state index in [0.717, 1.165) is 41.1 Å². The van der Waals surface area contributed by atoms with E-state index in [4.69, 9.17) is 4.74 Å². The standard InChI is InChI=1S/C18H19IN2O2/c1-23-17-8-7-14(13-16(17)19)18(22)21-11-9-20(10-12-21)15-5-3-2-4-6-15/h2-8,13H,9-12H2,1H3. The van der Waals surface area contributed by atoms with E-state index in [9.17, 15) is 4.79 Å². The van der Waals surface area contributed by atoms with Crippen molar-refractivity contribution in [2.24, 2.45) is 0 Å². The van der Waals surface area contributed by atoms with Gasteiger partial charge in [0.15, 0.2) is 0 Å². The Morgan fingerprint density at radius 2 is 1.74 bits per heavy atom. The second kappa shape index (κ2) is 7.21. The minimum absolute atomic E-state index is 0.0956. The van der Waals surface area contributed by atoms with Crippen molar-refractivity contribution in [2.75, 3.05) is 38.2 Å². The summed E-state index contributed by atoms with van der Waals surface area (Å²) in [7, 11) is 1.64. The maximum Gasteiger partial charge on any atom is 0.254 e. The van der Waals surface area contributed by atoms with Crippen LogP contribution in [-0.2, 0) is 0 Å². The van der Waals surface area contributed by atoms with Gasteiger partial charge in [-0.15, -0.1) is 0 Å². The molecule has 1 aliphatic rings. The minimum Gasteiger partial charge on any atom is -0.496 e. The molecule has 1 amide bonds. The third-order valence-corrected chi connectivity index (χ3v) is 4.93. The first-order valence-electron chi connectivity index (χ1n) is 7.62. The summed E-state index contributed by atoms with van der Waals surface area (Å²) in [6, 6.07) is 15.9. The van der Waals surface area contributed by atoms with Crippen LogP contribution >= 0.6 is 22.6 Å². The van der Waals surface area contributed by atoms with Gasteiger partial charge in [-0.1, -0.05) is 18.2 Å². The molecule has 0 bridgehead atoms. The van der Waals surface area contributed by atoms with Gasteiger partial charge in [-0.05, 0) is 52.9 Å². The van der Waals surface area contributed by atoms with Crippen LogP contribution in [0.4, 0.5) is 5.69 Å². The highest BCUT2D eigenvalue weighted by Gasteiger charge is 2.22. The quantitative estimate of drug-likeness (QED) is 0.713. The van der Waals surface area contributed by atoms with Gasteiger partial charge in [0.25, 0.3) is 5.91 Å². The van der Waals surface area contributed by atoms with Crippen LogP contribution in [0.2, 0.25) is 0 Å². The van der Waals surface area contributed by atoms with Crippen LogP contribution < -0.4 is 9.64 Å². The molecule has 4 nitrogen and oxygen atoms in total. The highest BCUT2D eigenvalue weighted by Crippen LogP contribution is 2.23. The van der Waals surface area contributed by atoms with Crippen LogP contribution in [0.25, 0.3) is 0 Å². The van der Waals surface area contributed by atoms with E-state index in [1.807, 2.05) is 41.3 Å². The van der Waals surface area contributed by atoms with Crippen molar-refractivity contribution in [3.05, 3.63) is 57.7 Å². The summed E-state index contributed by atoms with van der Waals surface area (Å²) in [5, 5.41) is 0. The molecule has 3 rings (SSSR count). The van der Waals surface area contributed by atoms with E-state index < -0.39 is 0 Å². The first-order valence-corrected chi connectivity index (χ1v) is 8.70. The van der Waals surface area contributed by atoms with Crippen molar-refractivity contribution in [3.63, 3.8) is 0 Å². The molecule has 0 aliphatic carbocycles. The molecule has 0 spiro atoms. The Hall–Kier alpha value is -1.76. The second-order valence-electron chi connectivity index (χ2n) is 5.46.